The summed E-state index contributed by atoms with van der Waals surface area (Å²) < 4.78 is 0. The summed E-state index contributed by atoms with van der Waals surface area (Å²) in [6, 6.07) is 0. The molecule has 1 nitrogen and oxygen atoms in total. The second-order valence-corrected chi connectivity index (χ2v) is 2.01. The molecule has 0 amide bonds. The average Bonchev–Trinajstić information content (AvgIpc) is 1.97. The Morgan fingerprint density at radius 1 is 1.50 bits per heavy atom. The van der Waals surface area contributed by atoms with Crippen LogP contribution in [0.25, 0.3) is 0 Å². The van der Waals surface area contributed by atoms with Crippen LogP contribution in [-0.4, -0.2) is 11.7 Å². The molecule has 56 valence electrons. The minimum absolute atomic E-state index is 0.0858. The third kappa shape index (κ3) is 7.26. The van der Waals surface area contributed by atoms with Crippen LogP contribution >= 0.6 is 0 Å². The molecule has 0 aliphatic rings. The number of rotatable bonds is 3. The highest BCUT2D eigenvalue weighted by atomic mass is 16.2. The minimum atomic E-state index is 0.0858. The van der Waals surface area contributed by atoms with E-state index in [-0.39, 0.29) is 6.61 Å². The van der Waals surface area contributed by atoms with Gasteiger partial charge in [-0.05, 0) is 12.5 Å². The van der Waals surface area contributed by atoms with Crippen LogP contribution in [0, 0.1) is 11.8 Å². The Balaban J connectivity index is 3.22. The highest BCUT2D eigenvalue weighted by Gasteiger charge is 1.73. The summed E-state index contributed by atoms with van der Waals surface area (Å²) in [5.41, 5.74) is 0. The van der Waals surface area contributed by atoms with Crippen LogP contribution in [0.15, 0.2) is 12.2 Å². The summed E-state index contributed by atoms with van der Waals surface area (Å²) in [5, 5.41) is 8.31. The lowest BCUT2D eigenvalue weighted by Gasteiger charge is -1.81. The predicted octanol–water partition coefficient (Wildman–Crippen LogP) is 1.73. The molecule has 0 saturated carbocycles. The molecule has 0 unspecified atom stereocenters. The zero-order chi connectivity index (χ0) is 7.66. The quantitative estimate of drug-likeness (QED) is 0.465. The van der Waals surface area contributed by atoms with E-state index in [1.807, 2.05) is 0 Å². The second-order valence-electron chi connectivity index (χ2n) is 2.01. The minimum Gasteiger partial charge on any atom is -0.392 e. The molecule has 1 N–H and O–H groups in total. The van der Waals surface area contributed by atoms with Gasteiger partial charge >= 0.3 is 0 Å². The monoisotopic (exact) mass is 138 g/mol. The Hall–Kier alpha value is -0.740. The number of aliphatic hydroxyl groups excluding tert-OH is 1. The average molecular weight is 138 g/mol. The maximum absolute atomic E-state index is 8.31. The van der Waals surface area contributed by atoms with Crippen molar-refractivity contribution < 1.29 is 5.11 Å². The predicted molar refractivity (Wildman–Crippen MR) is 43.5 cm³/mol. The van der Waals surface area contributed by atoms with E-state index < -0.39 is 0 Å². The summed E-state index contributed by atoms with van der Waals surface area (Å²) in [6.45, 7) is 2.23. The molecule has 0 aliphatic heterocycles. The number of hydrogen-bond acceptors (Lipinski definition) is 1. The topological polar surface area (TPSA) is 20.2 Å². The van der Waals surface area contributed by atoms with Gasteiger partial charge < -0.3 is 5.11 Å². The van der Waals surface area contributed by atoms with Crippen molar-refractivity contribution in [2.45, 2.75) is 26.2 Å². The van der Waals surface area contributed by atoms with E-state index in [1.165, 1.54) is 12.8 Å². The van der Waals surface area contributed by atoms with E-state index in [0.717, 1.165) is 6.42 Å². The van der Waals surface area contributed by atoms with Crippen molar-refractivity contribution in [2.75, 3.05) is 6.61 Å². The molecule has 0 radical (unpaired) electrons. The molecule has 0 aliphatic carbocycles. The molecule has 10 heavy (non-hydrogen) atoms. The van der Waals surface area contributed by atoms with Gasteiger partial charge in [-0.15, -0.1) is 0 Å². The van der Waals surface area contributed by atoms with Crippen molar-refractivity contribution >= 4 is 0 Å². The molecule has 0 heterocycles. The van der Waals surface area contributed by atoms with Gasteiger partial charge in [-0.1, -0.05) is 31.3 Å². The van der Waals surface area contributed by atoms with Gasteiger partial charge in [0.15, 0.2) is 0 Å². The standard InChI is InChI=1S/C9H14O/c1-2-3-4-5-6-7-8-9-10/h7-8,10H,2-4,9H2,1H3. The van der Waals surface area contributed by atoms with Gasteiger partial charge in [0, 0.05) is 6.42 Å². The Bertz CT molecular complexity index is 137. The molecule has 0 aromatic carbocycles. The fourth-order valence-electron chi connectivity index (χ4n) is 0.508. The molecule has 0 fully saturated rings. The Morgan fingerprint density at radius 3 is 2.90 bits per heavy atom. The lowest BCUT2D eigenvalue weighted by molar-refractivity contribution is 0.343. The van der Waals surface area contributed by atoms with Crippen LogP contribution in [0.3, 0.4) is 0 Å². The third-order valence-corrected chi connectivity index (χ3v) is 1.06. The molecule has 0 saturated heterocycles. The molecule has 0 rings (SSSR count). The lowest BCUT2D eigenvalue weighted by Crippen LogP contribution is -1.69. The van der Waals surface area contributed by atoms with Crippen LogP contribution in [0.4, 0.5) is 0 Å². The third-order valence-electron chi connectivity index (χ3n) is 1.06. The number of hydrogen-bond donors (Lipinski definition) is 1. The second kappa shape index (κ2) is 8.26. The van der Waals surface area contributed by atoms with E-state index in [1.54, 1.807) is 12.2 Å². The van der Waals surface area contributed by atoms with Gasteiger partial charge in [0.1, 0.15) is 0 Å². The van der Waals surface area contributed by atoms with Gasteiger partial charge in [-0.25, -0.2) is 0 Å². The van der Waals surface area contributed by atoms with E-state index in [2.05, 4.69) is 18.8 Å². The molecular formula is C9H14O. The zero-order valence-electron chi connectivity index (χ0n) is 6.43. The lowest BCUT2D eigenvalue weighted by atomic mass is 10.2. The van der Waals surface area contributed by atoms with Gasteiger partial charge in [-0.2, -0.15) is 0 Å². The van der Waals surface area contributed by atoms with Crippen molar-refractivity contribution in [1.29, 1.82) is 0 Å². The molecule has 1 heteroatoms. The van der Waals surface area contributed by atoms with Crippen molar-refractivity contribution in [1.82, 2.24) is 0 Å². The summed E-state index contributed by atoms with van der Waals surface area (Å²) >= 11 is 0. The van der Waals surface area contributed by atoms with Crippen molar-refractivity contribution in [3.63, 3.8) is 0 Å². The fourth-order valence-corrected chi connectivity index (χ4v) is 0.508. The molecule has 0 aromatic rings. The number of allylic oxidation sites excluding steroid dienone is 1. The molecule has 0 atom stereocenters. The maximum Gasteiger partial charge on any atom is 0.0621 e. The van der Waals surface area contributed by atoms with Crippen molar-refractivity contribution in [2.24, 2.45) is 0 Å². The largest absolute Gasteiger partial charge is 0.392 e. The number of aliphatic hydroxyl groups is 1. The molecule has 0 spiro atoms. The summed E-state index contributed by atoms with van der Waals surface area (Å²) in [4.78, 5) is 0. The Morgan fingerprint density at radius 2 is 2.30 bits per heavy atom. The Labute approximate surface area is 62.8 Å². The van der Waals surface area contributed by atoms with Crippen LogP contribution < -0.4 is 0 Å². The first-order valence-electron chi connectivity index (χ1n) is 3.66. The fraction of sp³-hybridized carbons (Fsp3) is 0.556. The SMILES string of the molecule is CCCCC#CC=CCO. The maximum atomic E-state index is 8.31. The summed E-state index contributed by atoms with van der Waals surface area (Å²) in [5.74, 6) is 5.80. The zero-order valence-corrected chi connectivity index (χ0v) is 6.43. The van der Waals surface area contributed by atoms with Crippen molar-refractivity contribution in [3.05, 3.63) is 12.2 Å². The van der Waals surface area contributed by atoms with Crippen LogP contribution in [0.5, 0.6) is 0 Å². The van der Waals surface area contributed by atoms with Crippen LogP contribution in [-0.2, 0) is 0 Å². The first-order valence-corrected chi connectivity index (χ1v) is 3.66. The highest BCUT2D eigenvalue weighted by Crippen LogP contribution is 1.89. The molecular weight excluding hydrogens is 124 g/mol. The van der Waals surface area contributed by atoms with Crippen molar-refractivity contribution in [3.8, 4) is 11.8 Å². The van der Waals surface area contributed by atoms with Gasteiger partial charge in [0.25, 0.3) is 0 Å². The summed E-state index contributed by atoms with van der Waals surface area (Å²) in [6.07, 6.45) is 6.65. The number of unbranched alkanes of at least 4 members (excludes halogenated alkanes) is 2. The summed E-state index contributed by atoms with van der Waals surface area (Å²) in [7, 11) is 0. The van der Waals surface area contributed by atoms with Gasteiger partial charge in [-0.3, -0.25) is 0 Å². The molecule has 0 aromatic heterocycles. The smallest absolute Gasteiger partial charge is 0.0621 e. The van der Waals surface area contributed by atoms with E-state index in [4.69, 9.17) is 5.11 Å². The first kappa shape index (κ1) is 9.26. The van der Waals surface area contributed by atoms with Gasteiger partial charge in [0.05, 0.1) is 6.61 Å². The highest BCUT2D eigenvalue weighted by molar-refractivity contribution is 5.14. The van der Waals surface area contributed by atoms with Crippen LogP contribution in [0.2, 0.25) is 0 Å². The van der Waals surface area contributed by atoms with E-state index in [9.17, 15) is 0 Å². The van der Waals surface area contributed by atoms with E-state index >= 15 is 0 Å². The first-order chi connectivity index (χ1) is 4.91. The Kier molecular flexibility index (Phi) is 7.65. The van der Waals surface area contributed by atoms with E-state index in [0.29, 0.717) is 0 Å². The van der Waals surface area contributed by atoms with Gasteiger partial charge in [0.2, 0.25) is 0 Å². The molecule has 0 bridgehead atoms. The van der Waals surface area contributed by atoms with Crippen LogP contribution in [0.1, 0.15) is 26.2 Å². The normalized spacial score (nSPS) is 9.40.